The number of carbonyl (C=O) groups is 1. The predicted octanol–water partition coefficient (Wildman–Crippen LogP) is 4.80. The molecule has 1 N–H and O–H groups in total. The largest absolute Gasteiger partial charge is 0.321 e. The molecular weight excluding hydrogens is 333 g/mol. The van der Waals surface area contributed by atoms with Crippen molar-refractivity contribution in [1.82, 2.24) is 0 Å². The van der Waals surface area contributed by atoms with Gasteiger partial charge in [0.15, 0.2) is 0 Å². The third-order valence-corrected chi connectivity index (χ3v) is 3.80. The fraction of sp³-hybridized carbons (Fsp3) is 0.0714. The van der Waals surface area contributed by atoms with E-state index in [1.165, 1.54) is 12.1 Å². The highest BCUT2D eigenvalue weighted by Gasteiger charge is 2.10. The van der Waals surface area contributed by atoms with Gasteiger partial charge in [-0.15, -0.1) is 0 Å². The van der Waals surface area contributed by atoms with E-state index in [1.807, 2.05) is 6.92 Å². The summed E-state index contributed by atoms with van der Waals surface area (Å²) >= 11 is 9.23. The Labute approximate surface area is 123 Å². The summed E-state index contributed by atoms with van der Waals surface area (Å²) in [6.07, 6.45) is 0. The second-order valence-electron chi connectivity index (χ2n) is 4.04. The van der Waals surface area contributed by atoms with Crippen molar-refractivity contribution in [2.75, 3.05) is 5.32 Å². The second kappa shape index (κ2) is 5.72. The van der Waals surface area contributed by atoms with E-state index in [0.717, 1.165) is 16.1 Å². The van der Waals surface area contributed by atoms with Gasteiger partial charge in [-0.25, -0.2) is 4.39 Å². The highest BCUT2D eigenvalue weighted by atomic mass is 79.9. The Kier molecular flexibility index (Phi) is 4.22. The first-order valence-electron chi connectivity index (χ1n) is 5.50. The molecule has 0 aliphatic carbocycles. The molecule has 0 bridgehead atoms. The molecule has 5 heteroatoms. The molecule has 0 atom stereocenters. The minimum atomic E-state index is -0.442. The topological polar surface area (TPSA) is 29.1 Å². The molecule has 0 aliphatic rings. The highest BCUT2D eigenvalue weighted by molar-refractivity contribution is 9.10. The van der Waals surface area contributed by atoms with Crippen LogP contribution in [0.4, 0.5) is 10.1 Å². The first-order valence-corrected chi connectivity index (χ1v) is 6.67. The average molecular weight is 343 g/mol. The van der Waals surface area contributed by atoms with E-state index in [4.69, 9.17) is 11.6 Å². The average Bonchev–Trinajstić information content (AvgIpc) is 2.36. The van der Waals surface area contributed by atoms with E-state index in [2.05, 4.69) is 21.2 Å². The Morgan fingerprint density at radius 1 is 1.26 bits per heavy atom. The van der Waals surface area contributed by atoms with Gasteiger partial charge < -0.3 is 5.32 Å². The summed E-state index contributed by atoms with van der Waals surface area (Å²) in [6.45, 7) is 1.89. The van der Waals surface area contributed by atoms with Crippen LogP contribution in [0.25, 0.3) is 0 Å². The van der Waals surface area contributed by atoms with Crippen molar-refractivity contribution in [3.63, 3.8) is 0 Å². The molecular formula is C14H10BrClFNO. The number of halogens is 3. The van der Waals surface area contributed by atoms with Crippen LogP contribution < -0.4 is 5.32 Å². The molecule has 0 saturated heterocycles. The number of hydrogen-bond acceptors (Lipinski definition) is 1. The Balaban J connectivity index is 2.23. The van der Waals surface area contributed by atoms with Crippen molar-refractivity contribution in [1.29, 1.82) is 0 Å². The van der Waals surface area contributed by atoms with Crippen LogP contribution in [0, 0.1) is 12.7 Å². The van der Waals surface area contributed by atoms with Crippen LogP contribution in [0.15, 0.2) is 40.9 Å². The molecule has 0 saturated carbocycles. The molecule has 2 aromatic carbocycles. The van der Waals surface area contributed by atoms with E-state index in [-0.39, 0.29) is 10.9 Å². The molecule has 2 nitrogen and oxygen atoms in total. The van der Waals surface area contributed by atoms with Crippen LogP contribution >= 0.6 is 27.5 Å². The van der Waals surface area contributed by atoms with Gasteiger partial charge in [-0.05, 0) is 48.9 Å². The lowest BCUT2D eigenvalue weighted by atomic mass is 10.1. The standard InChI is InChI=1S/C14H10BrClFNO/c1-8-6-9(2-4-11(8)15)14(19)18-13-5-3-10(17)7-12(13)16/h2-7H,1H3,(H,18,19). The molecule has 2 aromatic rings. The fourth-order valence-corrected chi connectivity index (χ4v) is 2.03. The monoisotopic (exact) mass is 341 g/mol. The van der Waals surface area contributed by atoms with Gasteiger partial charge >= 0.3 is 0 Å². The lowest BCUT2D eigenvalue weighted by Crippen LogP contribution is -2.12. The van der Waals surface area contributed by atoms with Crippen LogP contribution in [-0.2, 0) is 0 Å². The van der Waals surface area contributed by atoms with Crippen molar-refractivity contribution in [2.24, 2.45) is 0 Å². The number of nitrogens with one attached hydrogen (secondary N) is 1. The molecule has 0 radical (unpaired) electrons. The van der Waals surface area contributed by atoms with E-state index in [0.29, 0.717) is 11.3 Å². The molecule has 2 rings (SSSR count). The van der Waals surface area contributed by atoms with Gasteiger partial charge in [-0.2, -0.15) is 0 Å². The minimum Gasteiger partial charge on any atom is -0.321 e. The summed E-state index contributed by atoms with van der Waals surface area (Å²) < 4.78 is 13.8. The van der Waals surface area contributed by atoms with Crippen molar-refractivity contribution in [2.45, 2.75) is 6.92 Å². The van der Waals surface area contributed by atoms with E-state index in [9.17, 15) is 9.18 Å². The first-order chi connectivity index (χ1) is 8.97. The summed E-state index contributed by atoms with van der Waals surface area (Å²) in [6, 6.07) is 9.09. The summed E-state index contributed by atoms with van der Waals surface area (Å²) in [5, 5.41) is 2.82. The maximum atomic E-state index is 12.9. The summed E-state index contributed by atoms with van der Waals surface area (Å²) in [7, 11) is 0. The lowest BCUT2D eigenvalue weighted by Gasteiger charge is -2.08. The Morgan fingerprint density at radius 2 is 2.00 bits per heavy atom. The van der Waals surface area contributed by atoms with Crippen LogP contribution in [-0.4, -0.2) is 5.91 Å². The van der Waals surface area contributed by atoms with Crippen molar-refractivity contribution >= 4 is 39.1 Å². The molecule has 0 spiro atoms. The third-order valence-electron chi connectivity index (χ3n) is 2.60. The van der Waals surface area contributed by atoms with Gasteiger partial charge in [0, 0.05) is 10.0 Å². The molecule has 0 aliphatic heterocycles. The third kappa shape index (κ3) is 3.33. The van der Waals surface area contributed by atoms with Crippen LogP contribution in [0.5, 0.6) is 0 Å². The van der Waals surface area contributed by atoms with Gasteiger partial charge in [0.1, 0.15) is 5.82 Å². The number of amides is 1. The summed E-state index contributed by atoms with van der Waals surface area (Å²) in [5.41, 5.74) is 1.85. The first kappa shape index (κ1) is 14.0. The van der Waals surface area contributed by atoms with Crippen LogP contribution in [0.3, 0.4) is 0 Å². The van der Waals surface area contributed by atoms with Gasteiger partial charge in [-0.1, -0.05) is 27.5 Å². The van der Waals surface area contributed by atoms with Crippen molar-refractivity contribution in [3.05, 3.63) is 62.8 Å². The number of carbonyl (C=O) groups excluding carboxylic acids is 1. The molecule has 0 unspecified atom stereocenters. The molecule has 0 fully saturated rings. The molecule has 1 amide bonds. The number of aryl methyl sites for hydroxylation is 1. The quantitative estimate of drug-likeness (QED) is 0.834. The highest BCUT2D eigenvalue weighted by Crippen LogP contribution is 2.24. The fourth-order valence-electron chi connectivity index (χ4n) is 1.57. The number of benzene rings is 2. The SMILES string of the molecule is Cc1cc(C(=O)Nc2ccc(F)cc2Cl)ccc1Br. The smallest absolute Gasteiger partial charge is 0.255 e. The Morgan fingerprint density at radius 3 is 2.63 bits per heavy atom. The van der Waals surface area contributed by atoms with Crippen LogP contribution in [0.1, 0.15) is 15.9 Å². The molecule has 98 valence electrons. The van der Waals surface area contributed by atoms with E-state index < -0.39 is 5.82 Å². The number of hydrogen-bond donors (Lipinski definition) is 1. The van der Waals surface area contributed by atoms with Crippen LogP contribution in [0.2, 0.25) is 5.02 Å². The second-order valence-corrected chi connectivity index (χ2v) is 5.30. The summed E-state index contributed by atoms with van der Waals surface area (Å²) in [4.78, 5) is 12.0. The Bertz CT molecular complexity index is 645. The maximum Gasteiger partial charge on any atom is 0.255 e. The van der Waals surface area contributed by atoms with Gasteiger partial charge in [0.25, 0.3) is 5.91 Å². The van der Waals surface area contributed by atoms with Gasteiger partial charge in [-0.3, -0.25) is 4.79 Å². The molecule has 0 aromatic heterocycles. The van der Waals surface area contributed by atoms with Gasteiger partial charge in [0.2, 0.25) is 0 Å². The van der Waals surface area contributed by atoms with Crippen molar-refractivity contribution < 1.29 is 9.18 Å². The maximum absolute atomic E-state index is 12.9. The zero-order valence-electron chi connectivity index (χ0n) is 10.0. The lowest BCUT2D eigenvalue weighted by molar-refractivity contribution is 0.102. The van der Waals surface area contributed by atoms with E-state index >= 15 is 0 Å². The van der Waals surface area contributed by atoms with E-state index in [1.54, 1.807) is 18.2 Å². The zero-order valence-corrected chi connectivity index (χ0v) is 12.3. The molecule has 19 heavy (non-hydrogen) atoms. The Hall–Kier alpha value is -1.39. The zero-order chi connectivity index (χ0) is 14.0. The number of rotatable bonds is 2. The number of anilines is 1. The van der Waals surface area contributed by atoms with Crippen molar-refractivity contribution in [3.8, 4) is 0 Å². The normalized spacial score (nSPS) is 10.3. The molecule has 0 heterocycles. The minimum absolute atomic E-state index is 0.169. The summed E-state index contributed by atoms with van der Waals surface area (Å²) in [5.74, 6) is -0.730. The predicted molar refractivity (Wildman–Crippen MR) is 78.2 cm³/mol. The van der Waals surface area contributed by atoms with Gasteiger partial charge in [0.05, 0.1) is 10.7 Å².